The summed E-state index contributed by atoms with van der Waals surface area (Å²) < 4.78 is 16.4. The number of benzene rings is 2. The first-order valence-electron chi connectivity index (χ1n) is 9.56. The van der Waals surface area contributed by atoms with Gasteiger partial charge in [-0.25, -0.2) is 4.79 Å². The minimum Gasteiger partial charge on any atom is -0.491 e. The lowest BCUT2D eigenvalue weighted by atomic mass is 10.2. The summed E-state index contributed by atoms with van der Waals surface area (Å²) in [5, 5.41) is 2.96. The fourth-order valence-corrected chi connectivity index (χ4v) is 3.34. The Kier molecular flexibility index (Phi) is 5.14. The normalized spacial score (nSPS) is 15.7. The Morgan fingerprint density at radius 2 is 1.71 bits per heavy atom. The van der Waals surface area contributed by atoms with Gasteiger partial charge in [0.15, 0.2) is 11.5 Å². The average molecular weight is 383 g/mol. The summed E-state index contributed by atoms with van der Waals surface area (Å²) in [5.41, 5.74) is 1.85. The molecular weight excluding hydrogens is 358 g/mol. The number of anilines is 2. The molecule has 2 heterocycles. The first kappa shape index (κ1) is 18.3. The number of nitrogens with one attached hydrogen (secondary N) is 1. The smallest absolute Gasteiger partial charge is 0.321 e. The van der Waals surface area contributed by atoms with Crippen LogP contribution in [-0.2, 0) is 0 Å². The van der Waals surface area contributed by atoms with Crippen LogP contribution in [0, 0.1) is 0 Å². The summed E-state index contributed by atoms with van der Waals surface area (Å²) in [6.07, 6.45) is 0.126. The zero-order valence-corrected chi connectivity index (χ0v) is 16.2. The van der Waals surface area contributed by atoms with Crippen molar-refractivity contribution >= 4 is 17.4 Å². The summed E-state index contributed by atoms with van der Waals surface area (Å²) >= 11 is 0. The maximum Gasteiger partial charge on any atom is 0.321 e. The van der Waals surface area contributed by atoms with Gasteiger partial charge >= 0.3 is 6.03 Å². The van der Waals surface area contributed by atoms with E-state index in [2.05, 4.69) is 10.2 Å². The molecule has 0 aromatic heterocycles. The Hall–Kier alpha value is -3.09. The molecule has 7 nitrogen and oxygen atoms in total. The van der Waals surface area contributed by atoms with Crippen LogP contribution in [-0.4, -0.2) is 50.0 Å². The van der Waals surface area contributed by atoms with Crippen molar-refractivity contribution in [1.82, 2.24) is 4.90 Å². The zero-order chi connectivity index (χ0) is 19.5. The molecule has 0 radical (unpaired) electrons. The van der Waals surface area contributed by atoms with E-state index in [9.17, 15) is 4.79 Å². The van der Waals surface area contributed by atoms with E-state index in [-0.39, 0.29) is 18.9 Å². The first-order valence-corrected chi connectivity index (χ1v) is 9.56. The molecule has 2 aliphatic heterocycles. The third-order valence-corrected chi connectivity index (χ3v) is 4.77. The van der Waals surface area contributed by atoms with Crippen molar-refractivity contribution in [2.75, 3.05) is 43.2 Å². The van der Waals surface area contributed by atoms with Crippen LogP contribution in [0.2, 0.25) is 0 Å². The second-order valence-corrected chi connectivity index (χ2v) is 7.13. The van der Waals surface area contributed by atoms with Gasteiger partial charge in [-0.05, 0) is 50.2 Å². The van der Waals surface area contributed by atoms with E-state index in [1.807, 2.05) is 61.2 Å². The molecule has 0 saturated carbocycles. The third kappa shape index (κ3) is 4.08. The number of hydrogen-bond acceptors (Lipinski definition) is 5. The number of piperazine rings is 1. The summed E-state index contributed by atoms with van der Waals surface area (Å²) in [5.74, 6) is 2.36. The van der Waals surface area contributed by atoms with Crippen LogP contribution < -0.4 is 24.4 Å². The van der Waals surface area contributed by atoms with Gasteiger partial charge in [-0.3, -0.25) is 0 Å². The Bertz CT molecular complexity index is 830. The number of rotatable bonds is 4. The number of nitrogens with zero attached hydrogens (tertiary/aromatic N) is 2. The molecule has 2 aromatic carbocycles. The van der Waals surface area contributed by atoms with E-state index < -0.39 is 0 Å². The lowest BCUT2D eigenvalue weighted by Crippen LogP contribution is -2.50. The SMILES string of the molecule is CC(C)Oc1ccc(NC(=O)N2CCN(c3ccc4c(c3)OCO4)CC2)cc1. The number of urea groups is 1. The molecule has 0 spiro atoms. The molecule has 0 aliphatic carbocycles. The maximum atomic E-state index is 12.6. The molecule has 0 atom stereocenters. The minimum absolute atomic E-state index is 0.0807. The van der Waals surface area contributed by atoms with Crippen molar-refractivity contribution in [3.05, 3.63) is 42.5 Å². The van der Waals surface area contributed by atoms with E-state index in [1.54, 1.807) is 0 Å². The molecule has 4 rings (SSSR count). The molecule has 1 saturated heterocycles. The molecule has 2 aliphatic rings. The predicted octanol–water partition coefficient (Wildman–Crippen LogP) is 3.56. The van der Waals surface area contributed by atoms with Crippen molar-refractivity contribution in [2.24, 2.45) is 0 Å². The van der Waals surface area contributed by atoms with Gasteiger partial charge in [-0.2, -0.15) is 0 Å². The monoisotopic (exact) mass is 383 g/mol. The molecular formula is C21H25N3O4. The van der Waals surface area contributed by atoms with Crippen LogP contribution in [0.15, 0.2) is 42.5 Å². The second kappa shape index (κ2) is 7.88. The Morgan fingerprint density at radius 3 is 2.43 bits per heavy atom. The summed E-state index contributed by atoms with van der Waals surface area (Å²) in [6, 6.07) is 13.3. The van der Waals surface area contributed by atoms with Crippen LogP contribution in [0.3, 0.4) is 0 Å². The number of hydrogen-bond donors (Lipinski definition) is 1. The lowest BCUT2D eigenvalue weighted by Gasteiger charge is -2.36. The van der Waals surface area contributed by atoms with Crippen molar-refractivity contribution in [3.8, 4) is 17.2 Å². The van der Waals surface area contributed by atoms with Crippen molar-refractivity contribution < 1.29 is 19.0 Å². The van der Waals surface area contributed by atoms with Crippen LogP contribution in [0.1, 0.15) is 13.8 Å². The van der Waals surface area contributed by atoms with Gasteiger partial charge in [0.25, 0.3) is 0 Å². The van der Waals surface area contributed by atoms with E-state index >= 15 is 0 Å². The molecule has 28 heavy (non-hydrogen) atoms. The van der Waals surface area contributed by atoms with Crippen LogP contribution in [0.5, 0.6) is 17.2 Å². The van der Waals surface area contributed by atoms with E-state index in [0.29, 0.717) is 13.1 Å². The fraction of sp³-hybridized carbons (Fsp3) is 0.381. The van der Waals surface area contributed by atoms with Crippen LogP contribution in [0.4, 0.5) is 16.2 Å². The predicted molar refractivity (Wildman–Crippen MR) is 108 cm³/mol. The highest BCUT2D eigenvalue weighted by Crippen LogP contribution is 2.35. The third-order valence-electron chi connectivity index (χ3n) is 4.77. The van der Waals surface area contributed by atoms with Gasteiger partial charge in [0.2, 0.25) is 6.79 Å². The molecule has 148 valence electrons. The van der Waals surface area contributed by atoms with Crippen molar-refractivity contribution in [2.45, 2.75) is 20.0 Å². The molecule has 2 amide bonds. The topological polar surface area (TPSA) is 63.3 Å². The average Bonchev–Trinajstić information content (AvgIpc) is 3.17. The highest BCUT2D eigenvalue weighted by molar-refractivity contribution is 5.89. The largest absolute Gasteiger partial charge is 0.491 e. The van der Waals surface area contributed by atoms with E-state index in [4.69, 9.17) is 14.2 Å². The quantitative estimate of drug-likeness (QED) is 0.875. The minimum atomic E-state index is -0.0807. The van der Waals surface area contributed by atoms with Crippen molar-refractivity contribution in [3.63, 3.8) is 0 Å². The van der Waals surface area contributed by atoms with Crippen LogP contribution in [0.25, 0.3) is 0 Å². The van der Waals surface area contributed by atoms with Gasteiger partial charge in [0.1, 0.15) is 5.75 Å². The number of carbonyl (C=O) groups is 1. The molecule has 1 fully saturated rings. The Balaban J connectivity index is 1.30. The van der Waals surface area contributed by atoms with Gasteiger partial charge < -0.3 is 29.3 Å². The van der Waals surface area contributed by atoms with E-state index in [1.165, 1.54) is 0 Å². The lowest BCUT2D eigenvalue weighted by molar-refractivity contribution is 0.174. The van der Waals surface area contributed by atoms with Crippen LogP contribution >= 0.6 is 0 Å². The highest BCUT2D eigenvalue weighted by atomic mass is 16.7. The molecule has 2 aromatic rings. The van der Waals surface area contributed by atoms with E-state index in [0.717, 1.165) is 41.7 Å². The Morgan fingerprint density at radius 1 is 1.00 bits per heavy atom. The fourth-order valence-electron chi connectivity index (χ4n) is 3.34. The van der Waals surface area contributed by atoms with Gasteiger partial charge in [-0.1, -0.05) is 0 Å². The summed E-state index contributed by atoms with van der Waals surface area (Å²) in [4.78, 5) is 16.6. The standard InChI is InChI=1S/C21H25N3O4/c1-15(2)28-18-6-3-16(4-7-18)22-21(25)24-11-9-23(10-12-24)17-5-8-19-20(13-17)27-14-26-19/h3-8,13,15H,9-12,14H2,1-2H3,(H,22,25). The maximum absolute atomic E-state index is 12.6. The van der Waals surface area contributed by atoms with Gasteiger partial charge in [0.05, 0.1) is 6.10 Å². The van der Waals surface area contributed by atoms with Gasteiger partial charge in [-0.15, -0.1) is 0 Å². The molecule has 7 heteroatoms. The number of ether oxygens (including phenoxy) is 3. The zero-order valence-electron chi connectivity index (χ0n) is 16.2. The second-order valence-electron chi connectivity index (χ2n) is 7.13. The Labute approximate surface area is 164 Å². The molecule has 0 bridgehead atoms. The number of amides is 2. The van der Waals surface area contributed by atoms with Gasteiger partial charge in [0, 0.05) is 43.6 Å². The van der Waals surface area contributed by atoms with Crippen molar-refractivity contribution in [1.29, 1.82) is 0 Å². The summed E-state index contributed by atoms with van der Waals surface area (Å²) in [6.45, 7) is 7.11. The summed E-state index contributed by atoms with van der Waals surface area (Å²) in [7, 11) is 0. The highest BCUT2D eigenvalue weighted by Gasteiger charge is 2.23. The molecule has 1 N–H and O–H groups in total. The molecule has 0 unspecified atom stereocenters. The number of carbonyl (C=O) groups excluding carboxylic acids is 1. The first-order chi connectivity index (χ1) is 13.6. The number of fused-ring (bicyclic) bond motifs is 1.